The summed E-state index contributed by atoms with van der Waals surface area (Å²) in [6.07, 6.45) is -3.29. The molecule has 23 heavy (non-hydrogen) atoms. The number of nitrogens with zero attached hydrogens (tertiary/aromatic N) is 3. The molecule has 5 atom stereocenters. The predicted molar refractivity (Wildman–Crippen MR) is 82.2 cm³/mol. The van der Waals surface area contributed by atoms with Crippen LogP contribution in [0.3, 0.4) is 0 Å². The van der Waals surface area contributed by atoms with E-state index in [1.807, 2.05) is 0 Å². The molecule has 0 aromatic carbocycles. The van der Waals surface area contributed by atoms with Crippen molar-refractivity contribution in [3.8, 4) is 0 Å². The fourth-order valence-electron chi connectivity index (χ4n) is 2.50. The van der Waals surface area contributed by atoms with Gasteiger partial charge in [0.15, 0.2) is 6.23 Å². The number of nitrogens with two attached hydrogens (primary N) is 1. The number of aliphatic hydroxyl groups excluding tert-OH is 4. The van der Waals surface area contributed by atoms with Crippen LogP contribution in [0, 0.1) is 6.92 Å². The second-order valence-electron chi connectivity index (χ2n) is 5.41. The third-order valence-electron chi connectivity index (χ3n) is 3.90. The summed E-state index contributed by atoms with van der Waals surface area (Å²) in [7, 11) is 0. The monoisotopic (exact) mass is 326 g/mol. The van der Waals surface area contributed by atoms with E-state index in [-0.39, 0.29) is 12.2 Å². The Bertz CT molecular complexity index is 558. The van der Waals surface area contributed by atoms with Gasteiger partial charge in [-0.05, 0) is 6.92 Å². The maximum Gasteiger partial charge on any atom is 0.164 e. The van der Waals surface area contributed by atoms with Crippen molar-refractivity contribution in [1.82, 2.24) is 9.97 Å². The van der Waals surface area contributed by atoms with E-state index in [1.54, 1.807) is 6.92 Å². The van der Waals surface area contributed by atoms with Crippen LogP contribution in [-0.2, 0) is 4.74 Å². The standard InChI is InChI=1S/C14H22N4O5/c1-3-18(13-7(2)12(15)16-6-17-13)14-11(22)9(21)4-8(20)10(5-19)23-14/h3,6,8-11,14,19-22H,1,4-5H2,2H3,(H2,15,16,17)/t8-,9+,10+,11+,14+/m0/s1. The predicted octanol–water partition coefficient (Wildman–Crippen LogP) is -1.49. The van der Waals surface area contributed by atoms with E-state index in [9.17, 15) is 20.4 Å². The Hall–Kier alpha value is -1.78. The summed E-state index contributed by atoms with van der Waals surface area (Å²) < 4.78 is 5.60. The molecule has 0 bridgehead atoms. The summed E-state index contributed by atoms with van der Waals surface area (Å²) in [6.45, 7) is 4.90. The first-order valence-electron chi connectivity index (χ1n) is 7.19. The third-order valence-corrected chi connectivity index (χ3v) is 3.90. The second kappa shape index (κ2) is 7.20. The summed E-state index contributed by atoms with van der Waals surface area (Å²) in [5.74, 6) is 0.598. The van der Waals surface area contributed by atoms with Gasteiger partial charge in [-0.15, -0.1) is 0 Å². The van der Waals surface area contributed by atoms with Gasteiger partial charge in [-0.3, -0.25) is 0 Å². The number of rotatable bonds is 4. The van der Waals surface area contributed by atoms with Crippen molar-refractivity contribution in [2.45, 2.75) is 44.0 Å². The van der Waals surface area contributed by atoms with Crippen LogP contribution >= 0.6 is 0 Å². The highest BCUT2D eigenvalue weighted by molar-refractivity contribution is 5.57. The molecule has 0 spiro atoms. The lowest BCUT2D eigenvalue weighted by Gasteiger charge is -2.34. The molecule has 1 aromatic heterocycles. The first-order valence-corrected chi connectivity index (χ1v) is 7.19. The SMILES string of the molecule is C=CN(c1ncnc(N)c1C)[C@@H]1O[C@H](CO)[C@@H](O)C[C@@H](O)[C@H]1O. The van der Waals surface area contributed by atoms with E-state index in [1.165, 1.54) is 17.4 Å². The minimum Gasteiger partial charge on any atom is -0.394 e. The van der Waals surface area contributed by atoms with Crippen LogP contribution in [0.4, 0.5) is 11.6 Å². The van der Waals surface area contributed by atoms with Crippen molar-refractivity contribution in [3.05, 3.63) is 24.7 Å². The van der Waals surface area contributed by atoms with E-state index in [0.717, 1.165) is 0 Å². The fraction of sp³-hybridized carbons (Fsp3) is 0.571. The quantitative estimate of drug-likeness (QED) is 0.446. The molecule has 2 rings (SSSR count). The molecule has 128 valence electrons. The van der Waals surface area contributed by atoms with Crippen LogP contribution in [0.1, 0.15) is 12.0 Å². The van der Waals surface area contributed by atoms with Gasteiger partial charge in [0.05, 0.1) is 18.8 Å². The highest BCUT2D eigenvalue weighted by atomic mass is 16.5. The lowest BCUT2D eigenvalue weighted by molar-refractivity contribution is -0.115. The average molecular weight is 326 g/mol. The van der Waals surface area contributed by atoms with Crippen molar-refractivity contribution in [2.75, 3.05) is 17.2 Å². The zero-order valence-corrected chi connectivity index (χ0v) is 12.8. The Morgan fingerprint density at radius 1 is 1.39 bits per heavy atom. The number of nitrogen functional groups attached to an aromatic ring is 1. The number of anilines is 2. The number of aromatic nitrogens is 2. The van der Waals surface area contributed by atoms with E-state index in [0.29, 0.717) is 11.4 Å². The molecular formula is C14H22N4O5. The first kappa shape index (κ1) is 17.6. The molecule has 2 heterocycles. The molecule has 6 N–H and O–H groups in total. The Labute approximate surface area is 133 Å². The maximum atomic E-state index is 10.3. The minimum atomic E-state index is -1.35. The number of aliphatic hydroxyl groups is 4. The zero-order valence-electron chi connectivity index (χ0n) is 12.8. The molecule has 1 aliphatic rings. The second-order valence-corrected chi connectivity index (χ2v) is 5.41. The molecule has 0 amide bonds. The number of hydrogen-bond acceptors (Lipinski definition) is 9. The molecule has 0 aliphatic carbocycles. The third kappa shape index (κ3) is 3.43. The van der Waals surface area contributed by atoms with Crippen LogP contribution in [-0.4, -0.2) is 67.6 Å². The first-order chi connectivity index (χ1) is 10.9. The number of ether oxygens (including phenoxy) is 1. The Balaban J connectivity index is 2.41. The normalized spacial score (nSPS) is 31.4. The van der Waals surface area contributed by atoms with Crippen molar-refractivity contribution in [2.24, 2.45) is 0 Å². The molecule has 1 saturated heterocycles. The van der Waals surface area contributed by atoms with Gasteiger partial charge in [0.25, 0.3) is 0 Å². The lowest BCUT2D eigenvalue weighted by atomic mass is 10.0. The summed E-state index contributed by atoms with van der Waals surface area (Å²) >= 11 is 0. The van der Waals surface area contributed by atoms with Gasteiger partial charge in [-0.1, -0.05) is 6.58 Å². The largest absolute Gasteiger partial charge is 0.394 e. The molecular weight excluding hydrogens is 304 g/mol. The van der Waals surface area contributed by atoms with Crippen molar-refractivity contribution >= 4 is 11.6 Å². The van der Waals surface area contributed by atoms with E-state index in [2.05, 4.69) is 16.5 Å². The summed E-state index contributed by atoms with van der Waals surface area (Å²) in [5.41, 5.74) is 6.31. The average Bonchev–Trinajstić information content (AvgIpc) is 2.63. The van der Waals surface area contributed by atoms with Gasteiger partial charge >= 0.3 is 0 Å². The smallest absolute Gasteiger partial charge is 0.164 e. The van der Waals surface area contributed by atoms with E-state index < -0.39 is 37.3 Å². The van der Waals surface area contributed by atoms with Gasteiger partial charge in [-0.25, -0.2) is 9.97 Å². The van der Waals surface area contributed by atoms with E-state index >= 15 is 0 Å². The van der Waals surface area contributed by atoms with Gasteiger partial charge < -0.3 is 35.8 Å². The van der Waals surface area contributed by atoms with Gasteiger partial charge in [-0.2, -0.15) is 0 Å². The van der Waals surface area contributed by atoms with Gasteiger partial charge in [0, 0.05) is 18.2 Å². The molecule has 0 saturated carbocycles. The van der Waals surface area contributed by atoms with Gasteiger partial charge in [0.1, 0.15) is 30.2 Å². The summed E-state index contributed by atoms with van der Waals surface area (Å²) in [4.78, 5) is 9.37. The van der Waals surface area contributed by atoms with Crippen molar-refractivity contribution in [3.63, 3.8) is 0 Å². The fourth-order valence-corrected chi connectivity index (χ4v) is 2.50. The van der Waals surface area contributed by atoms with Crippen LogP contribution in [0.2, 0.25) is 0 Å². The molecule has 1 fully saturated rings. The van der Waals surface area contributed by atoms with Crippen LogP contribution < -0.4 is 10.6 Å². The molecule has 0 unspecified atom stereocenters. The van der Waals surface area contributed by atoms with Crippen LogP contribution in [0.5, 0.6) is 0 Å². The lowest BCUT2D eigenvalue weighted by Crippen LogP contribution is -2.49. The molecule has 0 radical (unpaired) electrons. The highest BCUT2D eigenvalue weighted by Crippen LogP contribution is 2.28. The Morgan fingerprint density at radius 2 is 2.09 bits per heavy atom. The van der Waals surface area contributed by atoms with Crippen LogP contribution in [0.25, 0.3) is 0 Å². The summed E-state index contributed by atoms with van der Waals surface area (Å²) in [6, 6.07) is 0. The zero-order chi connectivity index (χ0) is 17.1. The molecule has 1 aliphatic heterocycles. The molecule has 9 nitrogen and oxygen atoms in total. The van der Waals surface area contributed by atoms with E-state index in [4.69, 9.17) is 10.5 Å². The molecule has 9 heteroatoms. The maximum absolute atomic E-state index is 10.3. The Kier molecular flexibility index (Phi) is 5.50. The molecule has 1 aromatic rings. The minimum absolute atomic E-state index is 0.126. The van der Waals surface area contributed by atoms with Crippen LogP contribution in [0.15, 0.2) is 19.1 Å². The van der Waals surface area contributed by atoms with Crippen molar-refractivity contribution < 1.29 is 25.2 Å². The van der Waals surface area contributed by atoms with Crippen molar-refractivity contribution in [1.29, 1.82) is 0 Å². The Morgan fingerprint density at radius 3 is 2.70 bits per heavy atom. The van der Waals surface area contributed by atoms with Gasteiger partial charge in [0.2, 0.25) is 0 Å². The highest BCUT2D eigenvalue weighted by Gasteiger charge is 2.41. The topological polar surface area (TPSA) is 145 Å². The number of hydrogen-bond donors (Lipinski definition) is 5. The summed E-state index contributed by atoms with van der Waals surface area (Å²) in [5, 5.41) is 39.7.